The summed E-state index contributed by atoms with van der Waals surface area (Å²) in [6.45, 7) is 1.81. The van der Waals surface area contributed by atoms with Crippen molar-refractivity contribution in [1.82, 2.24) is 0 Å². The van der Waals surface area contributed by atoms with Gasteiger partial charge in [0.2, 0.25) is 0 Å². The highest BCUT2D eigenvalue weighted by atomic mass is 16.3. The Morgan fingerprint density at radius 3 is 3.00 bits per heavy atom. The van der Waals surface area contributed by atoms with Crippen molar-refractivity contribution >= 4 is 17.7 Å². The maximum atomic E-state index is 12.4. The number of nitrogens with zero attached hydrogens (tertiary/aromatic N) is 1. The number of benzene rings is 1. The van der Waals surface area contributed by atoms with Crippen LogP contribution < -0.4 is 0 Å². The Hall–Kier alpha value is -1.64. The molecule has 1 heterocycles. The van der Waals surface area contributed by atoms with E-state index in [1.807, 2.05) is 13.1 Å². The van der Waals surface area contributed by atoms with Gasteiger partial charge in [0.1, 0.15) is 5.75 Å². The third-order valence-corrected chi connectivity index (χ3v) is 3.89. The molecule has 3 heteroatoms. The number of phenols is 1. The molecule has 1 aliphatic carbocycles. The largest absolute Gasteiger partial charge is 0.508 e. The van der Waals surface area contributed by atoms with Crippen LogP contribution in [0.3, 0.4) is 0 Å². The minimum Gasteiger partial charge on any atom is -0.508 e. The van der Waals surface area contributed by atoms with Crippen LogP contribution in [0.1, 0.15) is 35.2 Å². The summed E-state index contributed by atoms with van der Waals surface area (Å²) in [5.74, 6) is 0.796. The van der Waals surface area contributed by atoms with Crippen molar-refractivity contribution in [2.24, 2.45) is 16.8 Å². The molecule has 0 saturated heterocycles. The van der Waals surface area contributed by atoms with E-state index in [9.17, 15) is 9.90 Å². The van der Waals surface area contributed by atoms with E-state index in [1.165, 1.54) is 0 Å². The average molecular weight is 229 g/mol. The standard InChI is InChI=1S/C14H15NO2/c1-8-5-11-12(6-13(8)16)15-7-9-3-2-4-10(9)14(11)17/h5-7,9-10,16H,2-4H2,1H3/t9-,10?/m0/s1. The maximum Gasteiger partial charge on any atom is 0.168 e. The Labute approximate surface area is 100 Å². The summed E-state index contributed by atoms with van der Waals surface area (Å²) >= 11 is 0. The van der Waals surface area contributed by atoms with E-state index in [4.69, 9.17) is 0 Å². The SMILES string of the molecule is Cc1cc2c(cc1O)N=C[C@@H]1CCCC1C2=O. The van der Waals surface area contributed by atoms with Crippen molar-refractivity contribution in [3.8, 4) is 5.75 Å². The number of hydrogen-bond donors (Lipinski definition) is 1. The van der Waals surface area contributed by atoms with Crippen LogP contribution in [-0.4, -0.2) is 17.1 Å². The van der Waals surface area contributed by atoms with Crippen LogP contribution in [-0.2, 0) is 0 Å². The van der Waals surface area contributed by atoms with Crippen LogP contribution in [0.25, 0.3) is 0 Å². The van der Waals surface area contributed by atoms with Gasteiger partial charge in [-0.15, -0.1) is 0 Å². The summed E-state index contributed by atoms with van der Waals surface area (Å²) in [7, 11) is 0. The zero-order chi connectivity index (χ0) is 12.0. The number of carbonyl (C=O) groups is 1. The van der Waals surface area contributed by atoms with Gasteiger partial charge in [0.25, 0.3) is 0 Å². The molecule has 2 atom stereocenters. The lowest BCUT2D eigenvalue weighted by Crippen LogP contribution is -2.18. The number of aryl methyl sites for hydroxylation is 1. The molecule has 0 spiro atoms. The number of Topliss-reactive ketones (excluding diaryl/α,β-unsaturated/α-hetero) is 1. The van der Waals surface area contributed by atoms with E-state index < -0.39 is 0 Å². The fourth-order valence-corrected chi connectivity index (χ4v) is 2.86. The summed E-state index contributed by atoms with van der Waals surface area (Å²) < 4.78 is 0. The number of aromatic hydroxyl groups is 1. The number of fused-ring (bicyclic) bond motifs is 2. The molecule has 88 valence electrons. The molecule has 1 aromatic carbocycles. The smallest absolute Gasteiger partial charge is 0.168 e. The third kappa shape index (κ3) is 1.57. The van der Waals surface area contributed by atoms with Crippen LogP contribution in [0.15, 0.2) is 17.1 Å². The van der Waals surface area contributed by atoms with E-state index in [0.717, 1.165) is 24.8 Å². The maximum absolute atomic E-state index is 12.4. The van der Waals surface area contributed by atoms with Crippen molar-refractivity contribution in [1.29, 1.82) is 0 Å². The summed E-state index contributed by atoms with van der Waals surface area (Å²) in [4.78, 5) is 16.8. The van der Waals surface area contributed by atoms with Gasteiger partial charge in [0.15, 0.2) is 5.78 Å². The number of carbonyl (C=O) groups excluding carboxylic acids is 1. The lowest BCUT2D eigenvalue weighted by Gasteiger charge is -2.12. The molecule has 1 aromatic rings. The monoisotopic (exact) mass is 229 g/mol. The first-order valence-electron chi connectivity index (χ1n) is 6.09. The van der Waals surface area contributed by atoms with Crippen molar-refractivity contribution in [2.75, 3.05) is 0 Å². The minimum atomic E-state index is 0.101. The molecule has 17 heavy (non-hydrogen) atoms. The van der Waals surface area contributed by atoms with E-state index in [2.05, 4.69) is 4.99 Å². The molecule has 1 unspecified atom stereocenters. The highest BCUT2D eigenvalue weighted by Crippen LogP contribution is 2.39. The minimum absolute atomic E-state index is 0.101. The number of aliphatic imine (C=N–C) groups is 1. The number of rotatable bonds is 0. The van der Waals surface area contributed by atoms with Gasteiger partial charge in [0, 0.05) is 29.7 Å². The van der Waals surface area contributed by atoms with Crippen molar-refractivity contribution in [2.45, 2.75) is 26.2 Å². The first kappa shape index (κ1) is 10.5. The zero-order valence-electron chi connectivity index (χ0n) is 9.81. The van der Waals surface area contributed by atoms with E-state index >= 15 is 0 Å². The highest BCUT2D eigenvalue weighted by Gasteiger charge is 2.35. The molecule has 1 N–H and O–H groups in total. The second-order valence-electron chi connectivity index (χ2n) is 5.00. The van der Waals surface area contributed by atoms with Crippen LogP contribution in [0, 0.1) is 18.8 Å². The highest BCUT2D eigenvalue weighted by molar-refractivity contribution is 6.05. The van der Waals surface area contributed by atoms with E-state index in [0.29, 0.717) is 11.3 Å². The second kappa shape index (κ2) is 3.69. The average Bonchev–Trinajstić information content (AvgIpc) is 2.73. The summed E-state index contributed by atoms with van der Waals surface area (Å²) in [6, 6.07) is 3.37. The van der Waals surface area contributed by atoms with E-state index in [-0.39, 0.29) is 23.4 Å². The molecule has 1 aliphatic heterocycles. The molecule has 3 nitrogen and oxygen atoms in total. The van der Waals surface area contributed by atoms with Crippen LogP contribution in [0.2, 0.25) is 0 Å². The van der Waals surface area contributed by atoms with Gasteiger partial charge in [0.05, 0.1) is 5.69 Å². The topological polar surface area (TPSA) is 49.7 Å². The predicted octanol–water partition coefficient (Wildman–Crippen LogP) is 3.02. The molecule has 3 rings (SSSR count). The van der Waals surface area contributed by atoms with Crippen molar-refractivity contribution in [3.05, 3.63) is 23.3 Å². The van der Waals surface area contributed by atoms with Crippen LogP contribution in [0.4, 0.5) is 5.69 Å². The first-order chi connectivity index (χ1) is 8.16. The Morgan fingerprint density at radius 2 is 2.18 bits per heavy atom. The number of phenolic OH excluding ortho intramolecular Hbond substituents is 1. The molecule has 0 amide bonds. The zero-order valence-corrected chi connectivity index (χ0v) is 9.81. The Morgan fingerprint density at radius 1 is 1.35 bits per heavy atom. The molecular formula is C14H15NO2. The Bertz CT molecular complexity index is 519. The van der Waals surface area contributed by atoms with Crippen LogP contribution in [0.5, 0.6) is 5.75 Å². The van der Waals surface area contributed by atoms with Gasteiger partial charge < -0.3 is 5.11 Å². The van der Waals surface area contributed by atoms with Gasteiger partial charge in [-0.3, -0.25) is 9.79 Å². The quantitative estimate of drug-likeness (QED) is 0.743. The lowest BCUT2D eigenvalue weighted by atomic mass is 9.89. The Balaban J connectivity index is 2.15. The summed E-state index contributed by atoms with van der Waals surface area (Å²) in [6.07, 6.45) is 5.03. The summed E-state index contributed by atoms with van der Waals surface area (Å²) in [5, 5.41) is 9.67. The van der Waals surface area contributed by atoms with Crippen LogP contribution >= 0.6 is 0 Å². The van der Waals surface area contributed by atoms with Gasteiger partial charge in [-0.05, 0) is 31.4 Å². The third-order valence-electron chi connectivity index (χ3n) is 3.89. The van der Waals surface area contributed by atoms with E-state index in [1.54, 1.807) is 12.1 Å². The normalized spacial score (nSPS) is 26.5. The Kier molecular flexibility index (Phi) is 2.28. The molecule has 0 aromatic heterocycles. The van der Waals surface area contributed by atoms with Gasteiger partial charge in [-0.2, -0.15) is 0 Å². The van der Waals surface area contributed by atoms with Gasteiger partial charge in [-0.25, -0.2) is 0 Å². The van der Waals surface area contributed by atoms with Gasteiger partial charge in [-0.1, -0.05) is 6.42 Å². The second-order valence-corrected chi connectivity index (χ2v) is 5.00. The fourth-order valence-electron chi connectivity index (χ4n) is 2.86. The first-order valence-corrected chi connectivity index (χ1v) is 6.09. The number of ketones is 1. The summed E-state index contributed by atoms with van der Waals surface area (Å²) in [5.41, 5.74) is 2.03. The number of hydrogen-bond acceptors (Lipinski definition) is 3. The molecule has 1 fully saturated rings. The van der Waals surface area contributed by atoms with Crippen molar-refractivity contribution in [3.63, 3.8) is 0 Å². The van der Waals surface area contributed by atoms with Crippen molar-refractivity contribution < 1.29 is 9.90 Å². The predicted molar refractivity (Wildman–Crippen MR) is 66.2 cm³/mol. The molecule has 0 radical (unpaired) electrons. The molecule has 2 aliphatic rings. The lowest BCUT2D eigenvalue weighted by molar-refractivity contribution is 0.0912. The molecular weight excluding hydrogens is 214 g/mol. The molecule has 1 saturated carbocycles. The van der Waals surface area contributed by atoms with Gasteiger partial charge >= 0.3 is 0 Å². The molecule has 0 bridgehead atoms. The fraction of sp³-hybridized carbons (Fsp3) is 0.429.